The average Bonchev–Trinajstić information content (AvgIpc) is 2.75. The van der Waals surface area contributed by atoms with Crippen LogP contribution in [0, 0.1) is 17.2 Å². The molecule has 0 bridgehead atoms. The van der Waals surface area contributed by atoms with Crippen molar-refractivity contribution in [3.8, 4) is 6.07 Å². The van der Waals surface area contributed by atoms with Crippen molar-refractivity contribution in [2.75, 3.05) is 13.6 Å². The van der Waals surface area contributed by atoms with Crippen molar-refractivity contribution >= 4 is 5.91 Å². The largest absolute Gasteiger partial charge is 0.346 e. The Morgan fingerprint density at radius 1 is 1.47 bits per heavy atom. The molecular formula is C12H20N2O. The van der Waals surface area contributed by atoms with Crippen molar-refractivity contribution in [2.45, 2.75) is 44.9 Å². The molecule has 15 heavy (non-hydrogen) atoms. The topological polar surface area (TPSA) is 44.1 Å². The van der Waals surface area contributed by atoms with E-state index in [9.17, 15) is 4.79 Å². The lowest BCUT2D eigenvalue weighted by Gasteiger charge is -2.18. The third kappa shape index (κ3) is 4.33. The van der Waals surface area contributed by atoms with E-state index in [2.05, 4.69) is 0 Å². The van der Waals surface area contributed by atoms with Crippen LogP contribution in [-0.4, -0.2) is 24.4 Å². The van der Waals surface area contributed by atoms with Gasteiger partial charge in [0.05, 0.1) is 6.07 Å². The van der Waals surface area contributed by atoms with Gasteiger partial charge in [0, 0.05) is 26.4 Å². The van der Waals surface area contributed by atoms with Crippen LogP contribution in [-0.2, 0) is 4.79 Å². The zero-order valence-corrected chi connectivity index (χ0v) is 9.54. The number of hydrogen-bond acceptors (Lipinski definition) is 2. The quantitative estimate of drug-likeness (QED) is 0.696. The fourth-order valence-corrected chi connectivity index (χ4v) is 2.15. The Hall–Kier alpha value is -1.04. The first-order valence-electron chi connectivity index (χ1n) is 5.85. The highest BCUT2D eigenvalue weighted by atomic mass is 16.2. The van der Waals surface area contributed by atoms with Gasteiger partial charge in [-0.05, 0) is 12.3 Å². The summed E-state index contributed by atoms with van der Waals surface area (Å²) >= 11 is 0. The molecule has 0 unspecified atom stereocenters. The lowest BCUT2D eigenvalue weighted by atomic mass is 10.0. The number of rotatable bonds is 5. The first kappa shape index (κ1) is 12.0. The molecule has 1 fully saturated rings. The summed E-state index contributed by atoms with van der Waals surface area (Å²) in [6.45, 7) is 0.856. The van der Waals surface area contributed by atoms with Gasteiger partial charge in [-0.25, -0.2) is 0 Å². The number of amides is 1. The molecule has 0 saturated heterocycles. The van der Waals surface area contributed by atoms with Gasteiger partial charge in [-0.1, -0.05) is 25.7 Å². The lowest BCUT2D eigenvalue weighted by molar-refractivity contribution is -0.129. The molecule has 0 atom stereocenters. The van der Waals surface area contributed by atoms with Gasteiger partial charge in [0.1, 0.15) is 0 Å². The normalized spacial score (nSPS) is 16.3. The minimum atomic E-state index is 0.106. The molecule has 0 aromatic heterocycles. The van der Waals surface area contributed by atoms with Crippen LogP contribution in [0.5, 0.6) is 0 Å². The van der Waals surface area contributed by atoms with Gasteiger partial charge in [-0.3, -0.25) is 4.79 Å². The summed E-state index contributed by atoms with van der Waals surface area (Å²) in [4.78, 5) is 13.3. The Morgan fingerprint density at radius 2 is 2.13 bits per heavy atom. The highest BCUT2D eigenvalue weighted by Gasteiger charge is 2.16. The van der Waals surface area contributed by atoms with Gasteiger partial charge in [0.25, 0.3) is 0 Å². The fourth-order valence-electron chi connectivity index (χ4n) is 2.15. The second-order valence-corrected chi connectivity index (χ2v) is 4.41. The summed E-state index contributed by atoms with van der Waals surface area (Å²) in [5.74, 6) is 0.936. The van der Waals surface area contributed by atoms with Crippen molar-refractivity contribution in [2.24, 2.45) is 5.92 Å². The van der Waals surface area contributed by atoms with E-state index in [1.54, 1.807) is 4.90 Å². The van der Waals surface area contributed by atoms with Crippen LogP contribution in [0.1, 0.15) is 44.9 Å². The molecule has 1 saturated carbocycles. The fraction of sp³-hybridized carbons (Fsp3) is 0.833. The van der Waals surface area contributed by atoms with E-state index in [4.69, 9.17) is 5.26 Å². The molecule has 0 aliphatic heterocycles. The van der Waals surface area contributed by atoms with Crippen molar-refractivity contribution < 1.29 is 4.79 Å². The van der Waals surface area contributed by atoms with Crippen molar-refractivity contribution in [1.29, 1.82) is 5.26 Å². The molecule has 0 N–H and O–H groups in total. The molecule has 84 valence electrons. The Morgan fingerprint density at radius 3 is 2.73 bits per heavy atom. The molecule has 1 amide bonds. The Balaban J connectivity index is 2.14. The lowest BCUT2D eigenvalue weighted by Crippen LogP contribution is -2.28. The van der Waals surface area contributed by atoms with Gasteiger partial charge in [-0.15, -0.1) is 0 Å². The van der Waals surface area contributed by atoms with Crippen LogP contribution < -0.4 is 0 Å². The molecule has 1 rings (SSSR count). The second-order valence-electron chi connectivity index (χ2n) is 4.41. The molecular weight excluding hydrogens is 188 g/mol. The highest BCUT2D eigenvalue weighted by molar-refractivity contribution is 5.76. The third-order valence-electron chi connectivity index (χ3n) is 3.22. The Bertz CT molecular complexity index is 238. The van der Waals surface area contributed by atoms with Crippen molar-refractivity contribution in [3.05, 3.63) is 0 Å². The highest BCUT2D eigenvalue weighted by Crippen LogP contribution is 2.27. The van der Waals surface area contributed by atoms with Crippen LogP contribution in [0.2, 0.25) is 0 Å². The van der Waals surface area contributed by atoms with Crippen LogP contribution >= 0.6 is 0 Å². The van der Waals surface area contributed by atoms with E-state index in [0.717, 1.165) is 18.9 Å². The maximum Gasteiger partial charge on any atom is 0.223 e. The Labute approximate surface area is 92.1 Å². The number of carbonyl (C=O) groups is 1. The number of carbonyl (C=O) groups excluding carboxylic acids is 1. The van der Waals surface area contributed by atoms with E-state index in [-0.39, 0.29) is 5.91 Å². The molecule has 0 heterocycles. The van der Waals surface area contributed by atoms with Gasteiger partial charge in [0.2, 0.25) is 5.91 Å². The average molecular weight is 208 g/mol. The summed E-state index contributed by atoms with van der Waals surface area (Å²) in [5.41, 5.74) is 0. The van der Waals surface area contributed by atoms with Gasteiger partial charge in [-0.2, -0.15) is 5.26 Å². The zero-order valence-electron chi connectivity index (χ0n) is 9.54. The molecule has 1 aliphatic carbocycles. The molecule has 0 spiro atoms. The monoisotopic (exact) mass is 208 g/mol. The van der Waals surface area contributed by atoms with E-state index in [1.165, 1.54) is 25.7 Å². The minimum Gasteiger partial charge on any atom is -0.346 e. The van der Waals surface area contributed by atoms with Gasteiger partial charge in [0.15, 0.2) is 0 Å². The number of nitriles is 1. The Kier molecular flexibility index (Phi) is 5.17. The van der Waals surface area contributed by atoms with E-state index >= 15 is 0 Å². The maximum absolute atomic E-state index is 11.5. The minimum absolute atomic E-state index is 0.106. The van der Waals surface area contributed by atoms with E-state index in [1.807, 2.05) is 13.1 Å². The number of nitrogens with zero attached hydrogens (tertiary/aromatic N) is 2. The van der Waals surface area contributed by atoms with E-state index < -0.39 is 0 Å². The van der Waals surface area contributed by atoms with Gasteiger partial charge >= 0.3 is 0 Å². The van der Waals surface area contributed by atoms with Crippen LogP contribution in [0.15, 0.2) is 0 Å². The van der Waals surface area contributed by atoms with Gasteiger partial charge < -0.3 is 4.90 Å². The predicted molar refractivity (Wildman–Crippen MR) is 59.1 cm³/mol. The van der Waals surface area contributed by atoms with Crippen molar-refractivity contribution in [1.82, 2.24) is 4.90 Å². The summed E-state index contributed by atoms with van der Waals surface area (Å²) in [7, 11) is 1.84. The van der Waals surface area contributed by atoms with Crippen LogP contribution in [0.25, 0.3) is 0 Å². The predicted octanol–water partition coefficient (Wildman–Crippen LogP) is 2.33. The SMILES string of the molecule is CN(CCC1CCCC1)C(=O)CCC#N. The molecule has 3 nitrogen and oxygen atoms in total. The first-order valence-corrected chi connectivity index (χ1v) is 5.85. The third-order valence-corrected chi connectivity index (χ3v) is 3.22. The molecule has 0 aromatic rings. The van der Waals surface area contributed by atoms with Crippen LogP contribution in [0.4, 0.5) is 0 Å². The van der Waals surface area contributed by atoms with Crippen molar-refractivity contribution in [3.63, 3.8) is 0 Å². The number of hydrogen-bond donors (Lipinski definition) is 0. The smallest absolute Gasteiger partial charge is 0.223 e. The molecule has 0 radical (unpaired) electrons. The standard InChI is InChI=1S/C12H20N2O/c1-14(12(15)7-4-9-13)10-8-11-5-2-3-6-11/h11H,2-8,10H2,1H3. The summed E-state index contributed by atoms with van der Waals surface area (Å²) < 4.78 is 0. The van der Waals surface area contributed by atoms with Crippen LogP contribution in [0.3, 0.4) is 0 Å². The molecule has 0 aromatic carbocycles. The summed E-state index contributed by atoms with van der Waals surface area (Å²) in [5, 5.41) is 8.38. The second kappa shape index (κ2) is 6.44. The molecule has 1 aliphatic rings. The first-order chi connectivity index (χ1) is 7.24. The summed E-state index contributed by atoms with van der Waals surface area (Å²) in [6, 6.07) is 2.00. The summed E-state index contributed by atoms with van der Waals surface area (Å²) in [6.07, 6.45) is 7.23. The zero-order chi connectivity index (χ0) is 11.1. The van der Waals surface area contributed by atoms with E-state index in [0.29, 0.717) is 12.8 Å². The molecule has 3 heteroatoms. The maximum atomic E-state index is 11.5.